The van der Waals surface area contributed by atoms with Crippen LogP contribution in [0.5, 0.6) is 0 Å². The number of carboxylic acids is 2. The van der Waals surface area contributed by atoms with Crippen molar-refractivity contribution >= 4 is 11.9 Å². The molecule has 7 nitrogen and oxygen atoms in total. The van der Waals surface area contributed by atoms with Gasteiger partial charge in [-0.25, -0.2) is 9.59 Å². The van der Waals surface area contributed by atoms with Crippen LogP contribution in [-0.4, -0.2) is 32.3 Å². The zero-order valence-corrected chi connectivity index (χ0v) is 9.27. The molecule has 0 aliphatic heterocycles. The summed E-state index contributed by atoms with van der Waals surface area (Å²) in [5.41, 5.74) is 9.31. The molecule has 0 spiro atoms. The molecule has 0 bridgehead atoms. The fourth-order valence-electron chi connectivity index (χ4n) is 1.72. The van der Waals surface area contributed by atoms with Gasteiger partial charge in [0.25, 0.3) is 0 Å². The Morgan fingerprint density at radius 1 is 1.24 bits per heavy atom. The van der Waals surface area contributed by atoms with Crippen LogP contribution in [0.25, 0.3) is 0 Å². The molecule has 1 aliphatic carbocycles. The Labute approximate surface area is 97.6 Å². The largest absolute Gasteiger partial charge is 0.473 e. The average Bonchev–Trinajstić information content (AvgIpc) is 2.72. The Morgan fingerprint density at radius 2 is 1.82 bits per heavy atom. The van der Waals surface area contributed by atoms with E-state index in [0.717, 1.165) is 12.1 Å². The number of rotatable bonds is 1. The van der Waals surface area contributed by atoms with Crippen LogP contribution in [0.3, 0.4) is 0 Å². The molecule has 7 heteroatoms. The first-order chi connectivity index (χ1) is 8.06. The molecular formula is C10H15N3O4. The predicted molar refractivity (Wildman–Crippen MR) is 58.4 cm³/mol. The zero-order valence-electron chi connectivity index (χ0n) is 9.27. The van der Waals surface area contributed by atoms with Crippen molar-refractivity contribution in [2.24, 2.45) is 5.73 Å². The van der Waals surface area contributed by atoms with Crippen molar-refractivity contribution in [2.45, 2.75) is 32.2 Å². The second-order valence-corrected chi connectivity index (χ2v) is 3.65. The molecule has 0 aromatic carbocycles. The van der Waals surface area contributed by atoms with Gasteiger partial charge in [0.1, 0.15) is 0 Å². The maximum Gasteiger partial charge on any atom is 0.414 e. The Hall–Kier alpha value is -1.89. The lowest BCUT2D eigenvalue weighted by atomic mass is 9.96. The fourth-order valence-corrected chi connectivity index (χ4v) is 1.72. The van der Waals surface area contributed by atoms with Crippen LogP contribution in [-0.2, 0) is 29.0 Å². The molecular weight excluding hydrogens is 226 g/mol. The lowest BCUT2D eigenvalue weighted by molar-refractivity contribution is -0.159. The quantitative estimate of drug-likeness (QED) is 0.508. The molecule has 0 saturated heterocycles. The summed E-state index contributed by atoms with van der Waals surface area (Å²) in [6, 6.07) is 0. The number of aliphatic carboxylic acids is 2. The average molecular weight is 241 g/mol. The highest BCUT2D eigenvalue weighted by atomic mass is 16.4. The van der Waals surface area contributed by atoms with Crippen molar-refractivity contribution in [1.82, 2.24) is 10.2 Å². The first kappa shape index (κ1) is 13.2. The van der Waals surface area contributed by atoms with Gasteiger partial charge in [0, 0.05) is 12.2 Å². The second-order valence-electron chi connectivity index (χ2n) is 3.65. The Morgan fingerprint density at radius 3 is 2.35 bits per heavy atom. The van der Waals surface area contributed by atoms with Crippen LogP contribution < -0.4 is 5.73 Å². The van der Waals surface area contributed by atoms with E-state index < -0.39 is 11.9 Å². The Kier molecular flexibility index (Phi) is 4.65. The molecule has 2 rings (SSSR count). The van der Waals surface area contributed by atoms with Crippen molar-refractivity contribution in [3.8, 4) is 0 Å². The maximum atomic E-state index is 9.10. The van der Waals surface area contributed by atoms with Gasteiger partial charge in [-0.1, -0.05) is 0 Å². The zero-order chi connectivity index (χ0) is 12.8. The van der Waals surface area contributed by atoms with E-state index in [1.807, 2.05) is 0 Å². The van der Waals surface area contributed by atoms with Gasteiger partial charge in [0.2, 0.25) is 0 Å². The van der Waals surface area contributed by atoms with Crippen LogP contribution in [0.2, 0.25) is 0 Å². The number of carbonyl (C=O) groups is 2. The van der Waals surface area contributed by atoms with Crippen molar-refractivity contribution in [3.05, 3.63) is 17.0 Å². The first-order valence-electron chi connectivity index (χ1n) is 5.27. The van der Waals surface area contributed by atoms with E-state index in [4.69, 9.17) is 25.5 Å². The van der Waals surface area contributed by atoms with Crippen molar-refractivity contribution in [3.63, 3.8) is 0 Å². The SMILES string of the molecule is NCc1n[nH]c2c1CCCC2.O=C(O)C(=O)O. The summed E-state index contributed by atoms with van der Waals surface area (Å²) in [5, 5.41) is 22.0. The van der Waals surface area contributed by atoms with Gasteiger partial charge in [0.15, 0.2) is 0 Å². The number of hydrogen-bond donors (Lipinski definition) is 4. The van der Waals surface area contributed by atoms with Crippen LogP contribution in [0.15, 0.2) is 0 Å². The Balaban J connectivity index is 0.000000209. The molecule has 0 saturated carbocycles. The van der Waals surface area contributed by atoms with E-state index in [2.05, 4.69) is 10.2 Å². The number of nitrogens with one attached hydrogen (secondary N) is 1. The van der Waals surface area contributed by atoms with Crippen molar-refractivity contribution in [1.29, 1.82) is 0 Å². The summed E-state index contributed by atoms with van der Waals surface area (Å²) in [7, 11) is 0. The van der Waals surface area contributed by atoms with E-state index in [9.17, 15) is 0 Å². The van der Waals surface area contributed by atoms with Gasteiger partial charge >= 0.3 is 11.9 Å². The lowest BCUT2D eigenvalue weighted by Gasteiger charge is -2.09. The van der Waals surface area contributed by atoms with Crippen LogP contribution in [0, 0.1) is 0 Å². The monoisotopic (exact) mass is 241 g/mol. The van der Waals surface area contributed by atoms with E-state index >= 15 is 0 Å². The standard InChI is InChI=1S/C8H13N3.C2H2O4/c9-5-8-6-3-1-2-4-7(6)10-11-8;3-1(4)2(5)6/h1-5,9H2,(H,10,11);(H,3,4)(H,5,6). The highest BCUT2D eigenvalue weighted by Crippen LogP contribution is 2.21. The lowest BCUT2D eigenvalue weighted by Crippen LogP contribution is -2.09. The van der Waals surface area contributed by atoms with Gasteiger partial charge in [-0.2, -0.15) is 5.10 Å². The minimum atomic E-state index is -1.82. The highest BCUT2D eigenvalue weighted by Gasteiger charge is 2.14. The number of fused-ring (bicyclic) bond motifs is 1. The third-order valence-corrected chi connectivity index (χ3v) is 2.52. The van der Waals surface area contributed by atoms with Crippen LogP contribution >= 0.6 is 0 Å². The van der Waals surface area contributed by atoms with E-state index in [1.54, 1.807) is 0 Å². The number of nitrogens with zero attached hydrogens (tertiary/aromatic N) is 1. The second kappa shape index (κ2) is 6.00. The van der Waals surface area contributed by atoms with Gasteiger partial charge < -0.3 is 15.9 Å². The van der Waals surface area contributed by atoms with Gasteiger partial charge in [-0.3, -0.25) is 5.10 Å². The van der Waals surface area contributed by atoms with Gasteiger partial charge in [0.05, 0.1) is 5.69 Å². The molecule has 17 heavy (non-hydrogen) atoms. The van der Waals surface area contributed by atoms with Crippen molar-refractivity contribution < 1.29 is 19.8 Å². The number of nitrogens with two attached hydrogens (primary N) is 1. The van der Waals surface area contributed by atoms with Crippen LogP contribution in [0.4, 0.5) is 0 Å². The van der Waals surface area contributed by atoms with Gasteiger partial charge in [-0.05, 0) is 31.2 Å². The number of hydrogen-bond acceptors (Lipinski definition) is 4. The number of aromatic amines is 1. The van der Waals surface area contributed by atoms with Crippen LogP contribution in [0.1, 0.15) is 29.8 Å². The molecule has 1 aromatic rings. The molecule has 0 amide bonds. The Bertz CT molecular complexity index is 388. The predicted octanol–water partition coefficient (Wildman–Crippen LogP) is -0.0972. The highest BCUT2D eigenvalue weighted by molar-refractivity contribution is 6.27. The van der Waals surface area contributed by atoms with Crippen molar-refractivity contribution in [2.75, 3.05) is 0 Å². The summed E-state index contributed by atoms with van der Waals surface area (Å²) in [4.78, 5) is 18.2. The fraction of sp³-hybridized carbons (Fsp3) is 0.500. The molecule has 0 unspecified atom stereocenters. The van der Waals surface area contributed by atoms with E-state index in [-0.39, 0.29) is 0 Å². The number of aryl methyl sites for hydroxylation is 1. The molecule has 0 fully saturated rings. The summed E-state index contributed by atoms with van der Waals surface area (Å²) in [5.74, 6) is -3.65. The van der Waals surface area contributed by atoms with E-state index in [1.165, 1.54) is 30.5 Å². The summed E-state index contributed by atoms with van der Waals surface area (Å²) >= 11 is 0. The normalized spacial score (nSPS) is 13.2. The molecule has 5 N–H and O–H groups in total. The topological polar surface area (TPSA) is 129 Å². The maximum absolute atomic E-state index is 9.10. The smallest absolute Gasteiger partial charge is 0.414 e. The van der Waals surface area contributed by atoms with Gasteiger partial charge in [-0.15, -0.1) is 0 Å². The molecule has 1 heterocycles. The molecule has 0 atom stereocenters. The minimum Gasteiger partial charge on any atom is -0.473 e. The number of H-pyrrole nitrogens is 1. The molecule has 94 valence electrons. The summed E-state index contributed by atoms with van der Waals surface area (Å²) in [6.45, 7) is 0.575. The number of aromatic nitrogens is 2. The third kappa shape index (κ3) is 3.56. The molecule has 1 aromatic heterocycles. The third-order valence-electron chi connectivity index (χ3n) is 2.52. The molecule has 0 radical (unpaired) electrons. The first-order valence-corrected chi connectivity index (χ1v) is 5.27. The summed E-state index contributed by atoms with van der Waals surface area (Å²) < 4.78 is 0. The molecule has 1 aliphatic rings. The number of carboxylic acid groups (broad SMARTS) is 2. The summed E-state index contributed by atoms with van der Waals surface area (Å²) in [6.07, 6.45) is 4.90. The minimum absolute atomic E-state index is 0.575. The van der Waals surface area contributed by atoms with E-state index in [0.29, 0.717) is 6.54 Å².